The fourth-order valence-electron chi connectivity index (χ4n) is 9.55. The molecule has 0 spiro atoms. The van der Waals surface area contributed by atoms with Crippen molar-refractivity contribution < 1.29 is 66.3 Å². The first kappa shape index (κ1) is 75.7. The van der Waals surface area contributed by atoms with E-state index in [1.807, 2.05) is 13.8 Å². The van der Waals surface area contributed by atoms with Gasteiger partial charge in [-0.3, -0.25) is 19.6 Å². The van der Waals surface area contributed by atoms with Crippen LogP contribution in [0.15, 0.2) is 95.0 Å². The van der Waals surface area contributed by atoms with Gasteiger partial charge in [-0.15, -0.1) is 0 Å². The van der Waals surface area contributed by atoms with Gasteiger partial charge in [0, 0.05) is 25.7 Å². The normalized spacial score (nSPS) is 11.5. The van der Waals surface area contributed by atoms with E-state index in [0.29, 0.717) is 24.0 Å². The summed E-state index contributed by atoms with van der Waals surface area (Å²) in [5, 5.41) is 61.1. The molecule has 0 saturated heterocycles. The maximum atomic E-state index is 11.8. The Morgan fingerprint density at radius 2 is 0.821 bits per heavy atom. The van der Waals surface area contributed by atoms with Crippen molar-refractivity contribution in [2.24, 2.45) is 9.98 Å². The molecule has 4 aromatic carbocycles. The third-order valence-corrected chi connectivity index (χ3v) is 14.6. The summed E-state index contributed by atoms with van der Waals surface area (Å²) in [6.45, 7) is 16.3. The second kappa shape index (κ2) is 45.1. The second-order valence-corrected chi connectivity index (χ2v) is 21.5. The van der Waals surface area contributed by atoms with Crippen molar-refractivity contribution in [3.8, 4) is 23.0 Å². The Hall–Kier alpha value is -6.33. The van der Waals surface area contributed by atoms with Gasteiger partial charge in [0.05, 0.1) is 33.9 Å². The largest absolute Gasteiger partial charge is 2.00 e. The number of aliphatic imine (C=N–C) groups is 2. The van der Waals surface area contributed by atoms with Gasteiger partial charge >= 0.3 is 28.4 Å². The molecule has 4 N–H and O–H groups in total. The number of aryl methyl sites for hydroxylation is 4. The first-order chi connectivity index (χ1) is 40.0. The summed E-state index contributed by atoms with van der Waals surface area (Å²) in [6.07, 6.45) is 37.5. The number of benzene rings is 4. The maximum absolute atomic E-state index is 11.8. The Morgan fingerprint density at radius 1 is 0.464 bits per heavy atom. The SMILES string of the molecule is CCCCCCC=CCCCc1ccccc1N=C(C)C(CCCC)=Nc1ccccc1CCCC=CCCCCCC.CCCCc1cc(O)c([O-])c(C(=O)O)c1CC(=O)CC.CCCCc1cc(O)c([O-])c(C(=O)O)c1CC(=O)CC.[Ni+2]. The molecule has 0 aromatic heterocycles. The minimum Gasteiger partial charge on any atom is -0.869 e. The van der Waals surface area contributed by atoms with Gasteiger partial charge < -0.3 is 30.6 Å². The van der Waals surface area contributed by atoms with E-state index in [2.05, 4.69) is 101 Å². The Bertz CT molecular complexity index is 2630. The van der Waals surface area contributed by atoms with Crippen molar-refractivity contribution in [1.29, 1.82) is 0 Å². The van der Waals surface area contributed by atoms with Crippen LogP contribution in [-0.2, 0) is 64.6 Å². The van der Waals surface area contributed by atoms with Gasteiger partial charge in [0.1, 0.15) is 23.1 Å². The van der Waals surface area contributed by atoms with E-state index >= 15 is 0 Å². The van der Waals surface area contributed by atoms with Crippen LogP contribution in [0, 0.1) is 0 Å². The fraction of sp³-hybridized carbons (Fsp3) is 0.521. The van der Waals surface area contributed by atoms with Crippen molar-refractivity contribution in [2.45, 2.75) is 242 Å². The van der Waals surface area contributed by atoms with Gasteiger partial charge in [0.2, 0.25) is 0 Å². The first-order valence-electron chi connectivity index (χ1n) is 31.2. The Kier molecular flexibility index (Phi) is 40.6. The summed E-state index contributed by atoms with van der Waals surface area (Å²) in [5.74, 6) is -6.04. The number of aromatic hydroxyl groups is 2. The average molecular weight is 1200 g/mol. The number of hydrogen-bond donors (Lipinski definition) is 4. The summed E-state index contributed by atoms with van der Waals surface area (Å²) < 4.78 is 0. The molecule has 4 rings (SSSR count). The van der Waals surface area contributed by atoms with Crippen molar-refractivity contribution in [1.82, 2.24) is 0 Å². The molecule has 84 heavy (non-hydrogen) atoms. The average Bonchev–Trinajstić information content (AvgIpc) is 3.66. The molecule has 0 aliphatic heterocycles. The van der Waals surface area contributed by atoms with E-state index in [4.69, 9.17) is 9.98 Å². The number of nitrogens with zero attached hydrogens (tertiary/aromatic N) is 2. The number of carbonyl (C=O) groups is 4. The molecule has 0 aliphatic carbocycles. The monoisotopic (exact) mass is 1200 g/mol. The van der Waals surface area contributed by atoms with Gasteiger partial charge in [-0.05, 0) is 167 Å². The van der Waals surface area contributed by atoms with Crippen LogP contribution in [0.3, 0.4) is 0 Å². The van der Waals surface area contributed by atoms with E-state index in [1.54, 1.807) is 13.8 Å². The minimum absolute atomic E-state index is 0. The molecule has 4 aromatic rings. The van der Waals surface area contributed by atoms with E-state index in [-0.39, 0.29) is 64.9 Å². The van der Waals surface area contributed by atoms with Gasteiger partial charge in [-0.1, -0.05) is 178 Å². The number of unbranched alkanes of at least 4 members (excludes halogenated alkanes) is 13. The van der Waals surface area contributed by atoms with Crippen LogP contribution >= 0.6 is 0 Å². The van der Waals surface area contributed by atoms with Crippen LogP contribution in [0.2, 0.25) is 0 Å². The minimum atomic E-state index is -1.40. The second-order valence-electron chi connectivity index (χ2n) is 21.5. The number of carboxylic acid groups (broad SMARTS) is 2. The number of para-hydroxylation sites is 2. The number of phenols is 2. The van der Waals surface area contributed by atoms with Gasteiger partial charge in [-0.25, -0.2) is 9.59 Å². The summed E-state index contributed by atoms with van der Waals surface area (Å²) >= 11 is 0. The zero-order valence-corrected chi connectivity index (χ0v) is 53.0. The molecule has 0 unspecified atom stereocenters. The number of allylic oxidation sites excluding steroid dienone is 4. The topological polar surface area (TPSA) is 220 Å². The number of carboxylic acids is 2. The molecule has 464 valence electrons. The van der Waals surface area contributed by atoms with Crippen LogP contribution in [-0.4, -0.2) is 55.4 Å². The quantitative estimate of drug-likeness (QED) is 0.0144. The third-order valence-electron chi connectivity index (χ3n) is 14.6. The number of carbonyl (C=O) groups excluding carboxylic acids is 2. The molecule has 12 nitrogen and oxygen atoms in total. The Morgan fingerprint density at radius 3 is 1.19 bits per heavy atom. The predicted molar refractivity (Wildman–Crippen MR) is 338 cm³/mol. The smallest absolute Gasteiger partial charge is 0.869 e. The van der Waals surface area contributed by atoms with Crippen LogP contribution in [0.25, 0.3) is 0 Å². The van der Waals surface area contributed by atoms with Crippen LogP contribution < -0.4 is 10.2 Å². The molecule has 0 aliphatic rings. The number of aromatic carboxylic acids is 2. The van der Waals surface area contributed by atoms with Gasteiger partial charge in [0.25, 0.3) is 0 Å². The zero-order valence-electron chi connectivity index (χ0n) is 52.0. The van der Waals surface area contributed by atoms with Gasteiger partial charge in [0.15, 0.2) is 0 Å². The van der Waals surface area contributed by atoms with Crippen molar-refractivity contribution >= 4 is 46.3 Å². The first-order valence-corrected chi connectivity index (χ1v) is 31.2. The molecule has 0 atom stereocenters. The molecule has 0 saturated carbocycles. The summed E-state index contributed by atoms with van der Waals surface area (Å²) in [4.78, 5) is 56.2. The molecular formula is C71H100N2NiO10. The molecule has 13 heteroatoms. The van der Waals surface area contributed by atoms with E-state index in [1.165, 1.54) is 87.5 Å². The van der Waals surface area contributed by atoms with Crippen LogP contribution in [0.5, 0.6) is 23.0 Å². The third kappa shape index (κ3) is 28.5. The predicted octanol–water partition coefficient (Wildman–Crippen LogP) is 17.5. The molecule has 0 bridgehead atoms. The number of Topliss-reactive ketones (excluding diaryl/α,β-unsaturated/α-hetero) is 2. The van der Waals surface area contributed by atoms with E-state index < -0.39 is 46.1 Å². The van der Waals surface area contributed by atoms with Crippen molar-refractivity contribution in [2.75, 3.05) is 0 Å². The molecule has 0 amide bonds. The Labute approximate surface area is 514 Å². The standard InChI is InChI=1S/C41H62N2.2C15H20O5.Ni/c1-5-8-11-13-15-17-19-21-23-29-37-31-25-27-34-40(37)42-36(4)39(33-10-7-3)43-41-35-28-26-32-38(41)30-24-22-20-18-16-14-12-9-6-2;2*1-3-5-6-9-7-12(17)14(18)13(15(19)20)11(9)8-10(16)4-2;/h17-20,25-28,31-32,34-35H,5-16,21-24,29-30,33H2,1-4H3;2*7,17-18H,3-6,8H2,1-2H3,(H,19,20);/q;;;+2/p-2. The molecule has 0 fully saturated rings. The number of hydrogen-bond acceptors (Lipinski definition) is 10. The van der Waals surface area contributed by atoms with E-state index in [0.717, 1.165) is 106 Å². The van der Waals surface area contributed by atoms with Crippen LogP contribution in [0.4, 0.5) is 11.4 Å². The molecule has 0 heterocycles. The molecule has 0 radical (unpaired) electrons. The number of phenolic OH excluding ortho intramolecular Hbond substituents is 2. The summed E-state index contributed by atoms with van der Waals surface area (Å²) in [7, 11) is 0. The van der Waals surface area contributed by atoms with Gasteiger partial charge in [-0.2, -0.15) is 0 Å². The number of ketones is 2. The summed E-state index contributed by atoms with van der Waals surface area (Å²) in [6, 6.07) is 20.0. The van der Waals surface area contributed by atoms with E-state index in [9.17, 15) is 49.8 Å². The van der Waals surface area contributed by atoms with Crippen molar-refractivity contribution in [3.63, 3.8) is 0 Å². The molecular weight excluding hydrogens is 1100 g/mol. The van der Waals surface area contributed by atoms with Crippen molar-refractivity contribution in [3.05, 3.63) is 129 Å². The number of rotatable bonds is 38. The zero-order chi connectivity index (χ0) is 61.4. The maximum Gasteiger partial charge on any atom is 2.00 e. The fourth-order valence-corrected chi connectivity index (χ4v) is 9.55. The Balaban J connectivity index is 0.000000713. The summed E-state index contributed by atoms with van der Waals surface area (Å²) in [5.41, 5.74) is 7.77. The van der Waals surface area contributed by atoms with Crippen LogP contribution in [0.1, 0.15) is 257 Å².